The molecule has 3 aromatic carbocycles. The second kappa shape index (κ2) is 8.10. The number of rotatable bonds is 3. The Morgan fingerprint density at radius 2 is 1.15 bits per heavy atom. The molecule has 0 radical (unpaired) electrons. The van der Waals surface area contributed by atoms with Crippen LogP contribution in [0.3, 0.4) is 0 Å². The van der Waals surface area contributed by atoms with E-state index in [0.29, 0.717) is 0 Å². The molecule has 0 aromatic heterocycles. The lowest BCUT2D eigenvalue weighted by Crippen LogP contribution is -2.10. The topological polar surface area (TPSA) is 21.3 Å². The second-order valence-electron chi connectivity index (χ2n) is 4.36. The summed E-state index contributed by atoms with van der Waals surface area (Å²) in [6.45, 7) is 0.761. The molecular formula is C18H19NO. The highest BCUT2D eigenvalue weighted by Crippen LogP contribution is 2.11. The van der Waals surface area contributed by atoms with Gasteiger partial charge in [0.25, 0.3) is 0 Å². The number of hydroxylamine groups is 1. The second-order valence-corrected chi connectivity index (χ2v) is 4.36. The molecular weight excluding hydrogens is 246 g/mol. The van der Waals surface area contributed by atoms with Gasteiger partial charge in [0.05, 0.1) is 7.11 Å². The molecule has 2 heteroatoms. The van der Waals surface area contributed by atoms with Gasteiger partial charge in [0.15, 0.2) is 0 Å². The molecule has 0 atom stereocenters. The molecule has 0 aliphatic carbocycles. The summed E-state index contributed by atoms with van der Waals surface area (Å²) in [6.07, 6.45) is 0. The van der Waals surface area contributed by atoms with Crippen LogP contribution in [0.25, 0.3) is 10.8 Å². The van der Waals surface area contributed by atoms with Crippen molar-refractivity contribution < 1.29 is 4.84 Å². The summed E-state index contributed by atoms with van der Waals surface area (Å²) in [5.74, 6) is 0. The van der Waals surface area contributed by atoms with Crippen LogP contribution in [0, 0.1) is 0 Å². The van der Waals surface area contributed by atoms with Crippen molar-refractivity contribution in [2.75, 3.05) is 7.11 Å². The molecule has 0 saturated carbocycles. The molecule has 0 fully saturated rings. The summed E-state index contributed by atoms with van der Waals surface area (Å²) in [5.41, 5.74) is 3.99. The Kier molecular flexibility index (Phi) is 5.77. The number of nitrogens with one attached hydrogen (secondary N) is 1. The van der Waals surface area contributed by atoms with Crippen LogP contribution in [0.1, 0.15) is 5.56 Å². The molecule has 1 N–H and O–H groups in total. The molecule has 102 valence electrons. The number of benzene rings is 3. The predicted molar refractivity (Wildman–Crippen MR) is 84.2 cm³/mol. The third-order valence-electron chi connectivity index (χ3n) is 2.92. The minimum Gasteiger partial charge on any atom is -0.305 e. The minimum atomic E-state index is 0.761. The van der Waals surface area contributed by atoms with Gasteiger partial charge in [0.1, 0.15) is 0 Å². The van der Waals surface area contributed by atoms with E-state index in [1.165, 1.54) is 16.3 Å². The van der Waals surface area contributed by atoms with E-state index < -0.39 is 0 Å². The fourth-order valence-electron chi connectivity index (χ4n) is 1.88. The Hall–Kier alpha value is -2.16. The van der Waals surface area contributed by atoms with Crippen molar-refractivity contribution in [1.29, 1.82) is 0 Å². The minimum absolute atomic E-state index is 0.761. The molecule has 0 bridgehead atoms. The van der Waals surface area contributed by atoms with E-state index in [1.807, 2.05) is 30.3 Å². The van der Waals surface area contributed by atoms with Gasteiger partial charge in [-0.3, -0.25) is 0 Å². The van der Waals surface area contributed by atoms with Crippen LogP contribution in [0.2, 0.25) is 0 Å². The molecule has 3 aromatic rings. The fraction of sp³-hybridized carbons (Fsp3) is 0.111. The number of hydrogen-bond acceptors (Lipinski definition) is 2. The van der Waals surface area contributed by atoms with Crippen LogP contribution in [-0.2, 0) is 11.4 Å². The van der Waals surface area contributed by atoms with Gasteiger partial charge < -0.3 is 4.84 Å². The van der Waals surface area contributed by atoms with Crippen molar-refractivity contribution in [3.05, 3.63) is 84.4 Å². The zero-order valence-electron chi connectivity index (χ0n) is 11.6. The van der Waals surface area contributed by atoms with E-state index in [4.69, 9.17) is 4.84 Å². The molecule has 0 aliphatic heterocycles. The zero-order valence-corrected chi connectivity index (χ0v) is 11.6. The summed E-state index contributed by atoms with van der Waals surface area (Å²) in [5, 5.41) is 2.62. The summed E-state index contributed by atoms with van der Waals surface area (Å²) >= 11 is 0. The van der Waals surface area contributed by atoms with E-state index in [2.05, 4.69) is 54.0 Å². The van der Waals surface area contributed by atoms with Gasteiger partial charge in [-0.05, 0) is 16.3 Å². The van der Waals surface area contributed by atoms with Crippen LogP contribution < -0.4 is 5.48 Å². The highest BCUT2D eigenvalue weighted by Gasteiger charge is 1.86. The maximum atomic E-state index is 4.70. The smallest absolute Gasteiger partial charge is 0.0572 e. The Morgan fingerprint density at radius 3 is 1.60 bits per heavy atom. The van der Waals surface area contributed by atoms with Crippen LogP contribution in [0.15, 0.2) is 78.9 Å². The predicted octanol–water partition coefficient (Wildman–Crippen LogP) is 4.18. The summed E-state index contributed by atoms with van der Waals surface area (Å²) < 4.78 is 0. The third kappa shape index (κ3) is 4.50. The van der Waals surface area contributed by atoms with Gasteiger partial charge in [-0.2, -0.15) is 5.48 Å². The summed E-state index contributed by atoms with van der Waals surface area (Å²) in [6, 6.07) is 26.8. The molecule has 0 saturated heterocycles. The Balaban J connectivity index is 0.000000147. The molecule has 0 heterocycles. The fourth-order valence-corrected chi connectivity index (χ4v) is 1.88. The molecule has 0 aliphatic rings. The van der Waals surface area contributed by atoms with Crippen molar-refractivity contribution in [2.45, 2.75) is 6.54 Å². The number of fused-ring (bicyclic) bond motifs is 1. The molecule has 0 spiro atoms. The van der Waals surface area contributed by atoms with Crippen LogP contribution in [0.5, 0.6) is 0 Å². The van der Waals surface area contributed by atoms with Gasteiger partial charge in [0.2, 0.25) is 0 Å². The SMILES string of the molecule is CONCc1ccccc1.c1ccc2ccccc2c1. The lowest BCUT2D eigenvalue weighted by molar-refractivity contribution is 0.0867. The van der Waals surface area contributed by atoms with Gasteiger partial charge in [0, 0.05) is 6.54 Å². The maximum absolute atomic E-state index is 4.70. The maximum Gasteiger partial charge on any atom is 0.0572 e. The average molecular weight is 265 g/mol. The first-order chi connectivity index (χ1) is 9.90. The van der Waals surface area contributed by atoms with Crippen molar-refractivity contribution in [2.24, 2.45) is 0 Å². The first kappa shape index (κ1) is 14.3. The van der Waals surface area contributed by atoms with Crippen molar-refractivity contribution in [3.63, 3.8) is 0 Å². The van der Waals surface area contributed by atoms with E-state index in [-0.39, 0.29) is 0 Å². The molecule has 0 unspecified atom stereocenters. The van der Waals surface area contributed by atoms with Crippen molar-refractivity contribution in [3.8, 4) is 0 Å². The molecule has 2 nitrogen and oxygen atoms in total. The highest BCUT2D eigenvalue weighted by atomic mass is 16.6. The standard InChI is InChI=1S/C10H8.C8H11NO/c1-2-6-10-8-4-3-7-9(10)5-1;1-10-9-7-8-5-3-2-4-6-8/h1-8H;2-6,9H,7H2,1H3. The van der Waals surface area contributed by atoms with E-state index in [9.17, 15) is 0 Å². The lowest BCUT2D eigenvalue weighted by atomic mass is 10.1. The van der Waals surface area contributed by atoms with Gasteiger partial charge in [-0.15, -0.1) is 0 Å². The molecule has 3 rings (SSSR count). The summed E-state index contributed by atoms with van der Waals surface area (Å²) in [7, 11) is 1.61. The summed E-state index contributed by atoms with van der Waals surface area (Å²) in [4.78, 5) is 4.70. The van der Waals surface area contributed by atoms with Crippen LogP contribution >= 0.6 is 0 Å². The normalized spacial score (nSPS) is 9.85. The third-order valence-corrected chi connectivity index (χ3v) is 2.92. The van der Waals surface area contributed by atoms with Crippen LogP contribution in [0.4, 0.5) is 0 Å². The van der Waals surface area contributed by atoms with Gasteiger partial charge in [-0.25, -0.2) is 0 Å². The molecule has 0 amide bonds. The lowest BCUT2D eigenvalue weighted by Gasteiger charge is -1.99. The monoisotopic (exact) mass is 265 g/mol. The Morgan fingerprint density at radius 1 is 0.700 bits per heavy atom. The van der Waals surface area contributed by atoms with E-state index in [0.717, 1.165) is 6.54 Å². The van der Waals surface area contributed by atoms with Crippen LogP contribution in [-0.4, -0.2) is 7.11 Å². The van der Waals surface area contributed by atoms with E-state index in [1.54, 1.807) is 7.11 Å². The first-order valence-corrected chi connectivity index (χ1v) is 6.63. The molecule has 20 heavy (non-hydrogen) atoms. The Labute approximate surface area is 120 Å². The number of hydrogen-bond donors (Lipinski definition) is 1. The quantitative estimate of drug-likeness (QED) is 0.717. The zero-order chi connectivity index (χ0) is 14.0. The average Bonchev–Trinajstić information content (AvgIpc) is 2.55. The van der Waals surface area contributed by atoms with E-state index >= 15 is 0 Å². The van der Waals surface area contributed by atoms with Crippen molar-refractivity contribution >= 4 is 10.8 Å². The van der Waals surface area contributed by atoms with Crippen molar-refractivity contribution in [1.82, 2.24) is 5.48 Å². The highest BCUT2D eigenvalue weighted by molar-refractivity contribution is 5.81. The van der Waals surface area contributed by atoms with Gasteiger partial charge in [-0.1, -0.05) is 78.9 Å². The Bertz CT molecular complexity index is 557. The largest absolute Gasteiger partial charge is 0.305 e. The first-order valence-electron chi connectivity index (χ1n) is 6.63. The van der Waals surface area contributed by atoms with Gasteiger partial charge >= 0.3 is 0 Å².